The van der Waals surface area contributed by atoms with E-state index in [-0.39, 0.29) is 24.6 Å². The summed E-state index contributed by atoms with van der Waals surface area (Å²) in [7, 11) is 0. The molecule has 12 heteroatoms. The van der Waals surface area contributed by atoms with Gasteiger partial charge in [-0.2, -0.15) is 0 Å². The third kappa shape index (κ3) is 15.8. The second kappa shape index (κ2) is 23.8. The standard InChI is InChI=1S/C37H68F9O2P/c1-5-9-13-17-18-19-20-21-22-23-24-28-32-49(29-25-14-10-6-2,30-26-15-11-7-3,31-27-16-12-8-4)48-33(47)34(38,39)35(40,41)36(42,43)37(44,45)46/h5-32H2,1-4H3. The number of carbonyl (C=O) groups is 1. The summed E-state index contributed by atoms with van der Waals surface area (Å²) >= 11 is 0. The summed E-state index contributed by atoms with van der Waals surface area (Å²) in [5, 5.41) is 0. The second-order valence-corrected chi connectivity index (χ2v) is 20.1. The average Bonchev–Trinajstić information content (AvgIpc) is 3.03. The van der Waals surface area contributed by atoms with E-state index in [0.717, 1.165) is 70.6 Å². The molecule has 0 aromatic rings. The van der Waals surface area contributed by atoms with Gasteiger partial charge < -0.3 is 0 Å². The van der Waals surface area contributed by atoms with Crippen LogP contribution < -0.4 is 0 Å². The Morgan fingerprint density at radius 1 is 0.408 bits per heavy atom. The van der Waals surface area contributed by atoms with Gasteiger partial charge in [0.1, 0.15) is 0 Å². The molecule has 0 aliphatic rings. The van der Waals surface area contributed by atoms with Gasteiger partial charge in [-0.25, -0.2) is 0 Å². The third-order valence-corrected chi connectivity index (χ3v) is 16.5. The van der Waals surface area contributed by atoms with Gasteiger partial charge in [-0.3, -0.25) is 0 Å². The van der Waals surface area contributed by atoms with Gasteiger partial charge in [0, 0.05) is 0 Å². The molecule has 0 saturated carbocycles. The number of hydrogen-bond acceptors (Lipinski definition) is 2. The van der Waals surface area contributed by atoms with Crippen molar-refractivity contribution in [3.8, 4) is 0 Å². The van der Waals surface area contributed by atoms with E-state index in [4.69, 9.17) is 4.52 Å². The van der Waals surface area contributed by atoms with E-state index in [1.165, 1.54) is 32.1 Å². The molecule has 0 rings (SSSR count). The molecule has 0 saturated heterocycles. The zero-order valence-electron chi connectivity index (χ0n) is 31.0. The maximum atomic E-state index is 15.1. The van der Waals surface area contributed by atoms with E-state index in [9.17, 15) is 35.5 Å². The Morgan fingerprint density at radius 2 is 0.653 bits per heavy atom. The molecule has 0 atom stereocenters. The quantitative estimate of drug-likeness (QED) is 0.0389. The molecule has 0 bridgehead atoms. The van der Waals surface area contributed by atoms with Gasteiger partial charge in [0.25, 0.3) is 0 Å². The van der Waals surface area contributed by atoms with Gasteiger partial charge in [-0.05, 0) is 0 Å². The number of hydrogen-bond donors (Lipinski definition) is 0. The van der Waals surface area contributed by atoms with Gasteiger partial charge in [0.15, 0.2) is 0 Å². The van der Waals surface area contributed by atoms with Crippen LogP contribution in [0.5, 0.6) is 0 Å². The molecule has 0 aliphatic heterocycles. The van der Waals surface area contributed by atoms with Crippen LogP contribution in [0.15, 0.2) is 0 Å². The Hall–Kier alpha value is -0.730. The third-order valence-electron chi connectivity index (χ3n) is 10.1. The van der Waals surface area contributed by atoms with E-state index < -0.39 is 36.7 Å². The Kier molecular flexibility index (Phi) is 23.4. The minimum atomic E-state index is -7.14. The average molecular weight is 747 g/mol. The van der Waals surface area contributed by atoms with Crippen LogP contribution in [0.1, 0.15) is 182 Å². The first-order chi connectivity index (χ1) is 22.9. The molecule has 0 aromatic carbocycles. The van der Waals surface area contributed by atoms with Gasteiger partial charge >= 0.3 is 279 Å². The monoisotopic (exact) mass is 746 g/mol. The van der Waals surface area contributed by atoms with Crippen LogP contribution in [-0.4, -0.2) is 54.6 Å². The Balaban J connectivity index is 6.41. The van der Waals surface area contributed by atoms with E-state index in [1.54, 1.807) is 0 Å². The summed E-state index contributed by atoms with van der Waals surface area (Å²) in [5.74, 6) is -23.5. The van der Waals surface area contributed by atoms with Gasteiger partial charge in [-0.1, -0.05) is 13.3 Å². The molecule has 0 aromatic heterocycles. The summed E-state index contributed by atoms with van der Waals surface area (Å²) in [4.78, 5) is 13.2. The van der Waals surface area contributed by atoms with E-state index in [2.05, 4.69) is 6.92 Å². The molecule has 0 unspecified atom stereocenters. The van der Waals surface area contributed by atoms with Crippen molar-refractivity contribution in [1.82, 2.24) is 0 Å². The number of alkyl halides is 9. The van der Waals surface area contributed by atoms with Crippen LogP contribution in [0.25, 0.3) is 0 Å². The molecule has 0 amide bonds. The summed E-state index contributed by atoms with van der Waals surface area (Å²) < 4.78 is 132. The summed E-state index contributed by atoms with van der Waals surface area (Å²) in [6.07, 6.45) is 14.6. The minimum absolute atomic E-state index is 0.185. The Morgan fingerprint density at radius 3 is 0.918 bits per heavy atom. The van der Waals surface area contributed by atoms with Gasteiger partial charge in [-0.15, -0.1) is 0 Å². The number of carbonyl (C=O) groups excluding carboxylic acids is 1. The SMILES string of the molecule is CCCCCCCCCCCCCCP(CCCCCC)(CCCCCC)(CCCCCC)OC(=O)C(F)(F)C(F)(F)C(F)(F)C(F)(F)F. The zero-order valence-corrected chi connectivity index (χ0v) is 31.9. The number of rotatable bonds is 32. The van der Waals surface area contributed by atoms with Crippen LogP contribution >= 0.6 is 6.83 Å². The molecule has 49 heavy (non-hydrogen) atoms. The van der Waals surface area contributed by atoms with Crippen LogP contribution in [-0.2, 0) is 9.32 Å². The predicted octanol–water partition coefficient (Wildman–Crippen LogP) is 14.9. The number of halogens is 9. The van der Waals surface area contributed by atoms with Gasteiger partial charge in [0.2, 0.25) is 0 Å². The summed E-state index contributed by atoms with van der Waals surface area (Å²) in [5.41, 5.74) is 0. The van der Waals surface area contributed by atoms with Crippen molar-refractivity contribution < 1.29 is 48.8 Å². The fraction of sp³-hybridized carbons (Fsp3) is 0.973. The molecule has 0 aliphatic carbocycles. The predicted molar refractivity (Wildman–Crippen MR) is 187 cm³/mol. The molecule has 0 fully saturated rings. The molecule has 0 heterocycles. The zero-order chi connectivity index (χ0) is 37.5. The van der Waals surface area contributed by atoms with Crippen molar-refractivity contribution >= 4 is 12.8 Å². The first kappa shape index (κ1) is 48.3. The maximum absolute atomic E-state index is 15.1. The van der Waals surface area contributed by atoms with E-state index in [1.807, 2.05) is 20.8 Å². The topological polar surface area (TPSA) is 26.3 Å². The molecule has 0 N–H and O–H groups in total. The normalized spacial score (nSPS) is 14.2. The molecular weight excluding hydrogens is 678 g/mol. The van der Waals surface area contributed by atoms with Crippen LogP contribution in [0.2, 0.25) is 0 Å². The van der Waals surface area contributed by atoms with E-state index >= 15 is 8.78 Å². The molecule has 0 radical (unpaired) electrons. The van der Waals surface area contributed by atoms with Crippen molar-refractivity contribution in [3.63, 3.8) is 0 Å². The van der Waals surface area contributed by atoms with Crippen molar-refractivity contribution in [2.75, 3.05) is 24.6 Å². The molecule has 296 valence electrons. The van der Waals surface area contributed by atoms with Crippen LogP contribution in [0.3, 0.4) is 0 Å². The second-order valence-electron chi connectivity index (χ2n) is 14.4. The van der Waals surface area contributed by atoms with Crippen molar-refractivity contribution in [2.24, 2.45) is 0 Å². The van der Waals surface area contributed by atoms with Crippen molar-refractivity contribution in [1.29, 1.82) is 0 Å². The van der Waals surface area contributed by atoms with Crippen LogP contribution in [0, 0.1) is 0 Å². The fourth-order valence-corrected chi connectivity index (χ4v) is 13.2. The molecule has 0 spiro atoms. The fourth-order valence-electron chi connectivity index (χ4n) is 6.82. The Bertz CT molecular complexity index is 831. The summed E-state index contributed by atoms with van der Waals surface area (Å²) in [6, 6.07) is 0. The summed E-state index contributed by atoms with van der Waals surface area (Å²) in [6.45, 7) is 3.95. The first-order valence-corrected chi connectivity index (χ1v) is 22.3. The van der Waals surface area contributed by atoms with Gasteiger partial charge in [0.05, 0.1) is 0 Å². The molecule has 2 nitrogen and oxygen atoms in total. The first-order valence-electron chi connectivity index (χ1n) is 19.4. The van der Waals surface area contributed by atoms with Crippen molar-refractivity contribution in [3.05, 3.63) is 0 Å². The Labute approximate surface area is 291 Å². The van der Waals surface area contributed by atoms with E-state index in [0.29, 0.717) is 51.4 Å². The molecular formula is C37H68F9O2P. The number of unbranched alkanes of at least 4 members (excludes halogenated alkanes) is 20. The van der Waals surface area contributed by atoms with Crippen molar-refractivity contribution in [2.45, 2.75) is 206 Å². The van der Waals surface area contributed by atoms with Crippen LogP contribution in [0.4, 0.5) is 39.5 Å².